The lowest BCUT2D eigenvalue weighted by Crippen LogP contribution is -2.20. The third-order valence-corrected chi connectivity index (χ3v) is 5.60. The zero-order valence-electron chi connectivity index (χ0n) is 16.0. The Morgan fingerprint density at radius 2 is 1.63 bits per heavy atom. The van der Waals surface area contributed by atoms with Gasteiger partial charge in [0.15, 0.2) is 6.61 Å². The Kier molecular flexibility index (Phi) is 6.81. The van der Waals surface area contributed by atoms with Crippen LogP contribution >= 0.6 is 11.6 Å². The van der Waals surface area contributed by atoms with Gasteiger partial charge in [0, 0.05) is 16.8 Å². The third kappa shape index (κ3) is 5.88. The molecule has 0 bridgehead atoms. The molecule has 0 unspecified atom stereocenters. The van der Waals surface area contributed by atoms with Gasteiger partial charge in [-0.2, -0.15) is 0 Å². The van der Waals surface area contributed by atoms with Gasteiger partial charge in [0.05, 0.1) is 17.7 Å². The minimum Gasteiger partial charge on any atom is -0.497 e. The van der Waals surface area contributed by atoms with Crippen molar-refractivity contribution in [1.82, 2.24) is 0 Å². The molecule has 0 radical (unpaired) electrons. The van der Waals surface area contributed by atoms with Crippen LogP contribution in [-0.4, -0.2) is 28.0 Å². The van der Waals surface area contributed by atoms with Crippen LogP contribution < -0.4 is 19.5 Å². The Balaban J connectivity index is 1.58. The Morgan fingerprint density at radius 1 is 0.933 bits per heavy atom. The van der Waals surface area contributed by atoms with E-state index in [-0.39, 0.29) is 17.4 Å². The Morgan fingerprint density at radius 3 is 2.30 bits per heavy atom. The number of ether oxygens (including phenoxy) is 2. The zero-order chi connectivity index (χ0) is 21.6. The highest BCUT2D eigenvalue weighted by molar-refractivity contribution is 7.92. The lowest BCUT2D eigenvalue weighted by atomic mass is 10.3. The highest BCUT2D eigenvalue weighted by Gasteiger charge is 2.15. The molecule has 0 aliphatic rings. The van der Waals surface area contributed by atoms with Gasteiger partial charge >= 0.3 is 0 Å². The Bertz CT molecular complexity index is 1120. The fraction of sp³-hybridized carbons (Fsp3) is 0.0952. The van der Waals surface area contributed by atoms with Gasteiger partial charge in [-0.15, -0.1) is 0 Å². The van der Waals surface area contributed by atoms with E-state index in [9.17, 15) is 13.2 Å². The first kappa shape index (κ1) is 21.5. The van der Waals surface area contributed by atoms with Crippen molar-refractivity contribution >= 4 is 38.9 Å². The average molecular weight is 447 g/mol. The molecule has 3 aromatic carbocycles. The molecule has 3 rings (SSSR count). The zero-order valence-corrected chi connectivity index (χ0v) is 17.5. The first-order valence-electron chi connectivity index (χ1n) is 8.81. The van der Waals surface area contributed by atoms with E-state index in [1.54, 1.807) is 48.5 Å². The van der Waals surface area contributed by atoms with Gasteiger partial charge < -0.3 is 14.8 Å². The van der Waals surface area contributed by atoms with Crippen LogP contribution in [0.3, 0.4) is 0 Å². The molecule has 3 aromatic rings. The molecule has 0 atom stereocenters. The van der Waals surface area contributed by atoms with E-state index in [2.05, 4.69) is 10.0 Å². The average Bonchev–Trinajstić information content (AvgIpc) is 2.74. The summed E-state index contributed by atoms with van der Waals surface area (Å²) < 4.78 is 38.1. The van der Waals surface area contributed by atoms with Crippen molar-refractivity contribution in [2.45, 2.75) is 4.90 Å². The van der Waals surface area contributed by atoms with Gasteiger partial charge in [-0.1, -0.05) is 17.7 Å². The molecule has 0 saturated carbocycles. The number of amides is 1. The number of benzene rings is 3. The van der Waals surface area contributed by atoms with E-state index in [0.717, 1.165) is 0 Å². The van der Waals surface area contributed by atoms with Gasteiger partial charge in [-0.25, -0.2) is 8.42 Å². The summed E-state index contributed by atoms with van der Waals surface area (Å²) in [6.07, 6.45) is 0. The van der Waals surface area contributed by atoms with Crippen LogP contribution in [0.15, 0.2) is 77.7 Å². The summed E-state index contributed by atoms with van der Waals surface area (Å²) in [5.41, 5.74) is 0.978. The predicted octanol–water partition coefficient (Wildman–Crippen LogP) is 4.17. The van der Waals surface area contributed by atoms with Gasteiger partial charge in [-0.05, 0) is 60.7 Å². The highest BCUT2D eigenvalue weighted by atomic mass is 35.5. The first-order valence-corrected chi connectivity index (χ1v) is 10.7. The number of sulfonamides is 1. The van der Waals surface area contributed by atoms with E-state index in [0.29, 0.717) is 27.9 Å². The molecular weight excluding hydrogens is 428 g/mol. The van der Waals surface area contributed by atoms with Crippen molar-refractivity contribution in [2.75, 3.05) is 23.8 Å². The number of hydrogen-bond acceptors (Lipinski definition) is 5. The van der Waals surface area contributed by atoms with Gasteiger partial charge in [-0.3, -0.25) is 9.52 Å². The van der Waals surface area contributed by atoms with Crippen LogP contribution in [0.2, 0.25) is 5.02 Å². The number of nitrogens with one attached hydrogen (secondary N) is 2. The number of methoxy groups -OCH3 is 1. The molecule has 0 spiro atoms. The minimum atomic E-state index is -3.78. The van der Waals surface area contributed by atoms with Crippen LogP contribution in [0, 0.1) is 0 Å². The first-order chi connectivity index (χ1) is 14.4. The molecule has 0 saturated heterocycles. The second kappa shape index (κ2) is 9.51. The van der Waals surface area contributed by atoms with Crippen molar-refractivity contribution in [3.05, 3.63) is 77.8 Å². The number of halogens is 1. The lowest BCUT2D eigenvalue weighted by molar-refractivity contribution is -0.118. The summed E-state index contributed by atoms with van der Waals surface area (Å²) in [7, 11) is -2.28. The Labute approximate surface area is 179 Å². The van der Waals surface area contributed by atoms with E-state index in [1.807, 2.05) is 0 Å². The van der Waals surface area contributed by atoms with Crippen LogP contribution in [0.25, 0.3) is 0 Å². The van der Waals surface area contributed by atoms with E-state index in [1.165, 1.54) is 31.4 Å². The maximum atomic E-state index is 12.5. The second-order valence-corrected chi connectivity index (χ2v) is 8.27. The quantitative estimate of drug-likeness (QED) is 0.541. The van der Waals surface area contributed by atoms with E-state index >= 15 is 0 Å². The maximum Gasteiger partial charge on any atom is 0.262 e. The fourth-order valence-electron chi connectivity index (χ4n) is 2.49. The van der Waals surface area contributed by atoms with Crippen molar-refractivity contribution in [2.24, 2.45) is 0 Å². The monoisotopic (exact) mass is 446 g/mol. The lowest BCUT2D eigenvalue weighted by Gasteiger charge is -2.11. The fourth-order valence-corrected chi connectivity index (χ4v) is 3.67. The molecule has 156 valence electrons. The summed E-state index contributed by atoms with van der Waals surface area (Å²) >= 11 is 5.80. The number of carbonyl (C=O) groups excluding carboxylic acids is 1. The second-order valence-electron chi connectivity index (χ2n) is 6.15. The van der Waals surface area contributed by atoms with Crippen molar-refractivity contribution < 1.29 is 22.7 Å². The summed E-state index contributed by atoms with van der Waals surface area (Å²) in [6.45, 7) is -0.225. The molecule has 9 heteroatoms. The number of carbonyl (C=O) groups is 1. The molecule has 7 nitrogen and oxygen atoms in total. The standard InChI is InChI=1S/C21H19ClN2O5S/c1-28-19-4-2-3-17(13-19)24-30(26,27)20-11-9-18(10-12-20)29-14-21(25)23-16-7-5-15(22)6-8-16/h2-13,24H,14H2,1H3,(H,23,25). The molecule has 0 aliphatic heterocycles. The van der Waals surface area contributed by atoms with E-state index < -0.39 is 10.0 Å². The summed E-state index contributed by atoms with van der Waals surface area (Å²) in [4.78, 5) is 12.0. The predicted molar refractivity (Wildman–Crippen MR) is 116 cm³/mol. The molecule has 0 aliphatic carbocycles. The topological polar surface area (TPSA) is 93.7 Å². The third-order valence-electron chi connectivity index (χ3n) is 3.95. The minimum absolute atomic E-state index is 0.0586. The normalized spacial score (nSPS) is 10.9. The summed E-state index contributed by atoms with van der Waals surface area (Å²) in [5.74, 6) is 0.547. The smallest absolute Gasteiger partial charge is 0.262 e. The largest absolute Gasteiger partial charge is 0.497 e. The van der Waals surface area contributed by atoms with Crippen LogP contribution in [-0.2, 0) is 14.8 Å². The SMILES string of the molecule is COc1cccc(NS(=O)(=O)c2ccc(OCC(=O)Nc3ccc(Cl)cc3)cc2)c1. The van der Waals surface area contributed by atoms with E-state index in [4.69, 9.17) is 21.1 Å². The van der Waals surface area contributed by atoms with Crippen LogP contribution in [0.4, 0.5) is 11.4 Å². The molecule has 2 N–H and O–H groups in total. The van der Waals surface area contributed by atoms with Gasteiger partial charge in [0.1, 0.15) is 11.5 Å². The van der Waals surface area contributed by atoms with Crippen LogP contribution in [0.1, 0.15) is 0 Å². The molecule has 0 fully saturated rings. The molecular formula is C21H19ClN2O5S. The highest BCUT2D eigenvalue weighted by Crippen LogP contribution is 2.22. The maximum absolute atomic E-state index is 12.5. The Hall–Kier alpha value is -3.23. The summed E-state index contributed by atoms with van der Waals surface area (Å²) in [5, 5.41) is 3.24. The number of rotatable bonds is 8. The molecule has 30 heavy (non-hydrogen) atoms. The number of hydrogen-bond donors (Lipinski definition) is 2. The van der Waals surface area contributed by atoms with Crippen molar-refractivity contribution in [3.63, 3.8) is 0 Å². The van der Waals surface area contributed by atoms with Gasteiger partial charge in [0.2, 0.25) is 0 Å². The van der Waals surface area contributed by atoms with Crippen molar-refractivity contribution in [1.29, 1.82) is 0 Å². The molecule has 0 aromatic heterocycles. The van der Waals surface area contributed by atoms with Crippen molar-refractivity contribution in [3.8, 4) is 11.5 Å². The van der Waals surface area contributed by atoms with Gasteiger partial charge in [0.25, 0.3) is 15.9 Å². The summed E-state index contributed by atoms with van der Waals surface area (Å²) in [6, 6.07) is 19.0. The van der Waals surface area contributed by atoms with Crippen LogP contribution in [0.5, 0.6) is 11.5 Å². The molecule has 1 amide bonds. The molecule has 0 heterocycles. The number of anilines is 2.